The van der Waals surface area contributed by atoms with Gasteiger partial charge in [0, 0.05) is 6.04 Å². The minimum absolute atomic E-state index is 0.284. The molecule has 2 atom stereocenters. The number of carboxylic acid groups (broad SMARTS) is 1. The Hall–Kier alpha value is -0.610. The zero-order valence-electron chi connectivity index (χ0n) is 5.24. The molecule has 4 nitrogen and oxygen atoms in total. The Kier molecular flexibility index (Phi) is 3.19. The number of aliphatic hydroxyl groups excluding tert-OH is 1. The molecule has 4 heteroatoms. The maximum absolute atomic E-state index is 10.1. The van der Waals surface area contributed by atoms with E-state index in [2.05, 4.69) is 0 Å². The van der Waals surface area contributed by atoms with Crippen LogP contribution in [0.4, 0.5) is 0 Å². The molecule has 0 saturated heterocycles. The lowest BCUT2D eigenvalue weighted by atomic mass is 10.0. The molecule has 0 aromatic carbocycles. The van der Waals surface area contributed by atoms with Gasteiger partial charge in [-0.15, -0.1) is 0 Å². The van der Waals surface area contributed by atoms with E-state index in [0.717, 1.165) is 0 Å². The Labute approximate surface area is 53.3 Å². The summed E-state index contributed by atoms with van der Waals surface area (Å²) in [6, 6.07) is -0.650. The Bertz CT molecular complexity index is 104. The first kappa shape index (κ1) is 8.39. The first-order valence-corrected chi connectivity index (χ1v) is 2.68. The maximum Gasteiger partial charge on any atom is 0.307 e. The average molecular weight is 133 g/mol. The van der Waals surface area contributed by atoms with Gasteiger partial charge in [-0.2, -0.15) is 0 Å². The van der Waals surface area contributed by atoms with Crippen molar-refractivity contribution in [3.8, 4) is 0 Å². The fourth-order valence-electron chi connectivity index (χ4n) is 0.341. The molecule has 0 spiro atoms. The third-order valence-corrected chi connectivity index (χ3v) is 1.24. The van der Waals surface area contributed by atoms with E-state index in [9.17, 15) is 4.79 Å². The topological polar surface area (TPSA) is 83.5 Å². The van der Waals surface area contributed by atoms with E-state index in [1.54, 1.807) is 0 Å². The number of hydrogen-bond acceptors (Lipinski definition) is 3. The van der Waals surface area contributed by atoms with Crippen LogP contribution in [0.5, 0.6) is 0 Å². The summed E-state index contributed by atoms with van der Waals surface area (Å²) in [5.41, 5.74) is 5.19. The van der Waals surface area contributed by atoms with E-state index in [1.807, 2.05) is 0 Å². The van der Waals surface area contributed by atoms with E-state index in [1.165, 1.54) is 6.92 Å². The van der Waals surface area contributed by atoms with Gasteiger partial charge >= 0.3 is 5.97 Å². The molecular formula is C5H11NO3. The Morgan fingerprint density at radius 3 is 2.33 bits per heavy atom. The average Bonchev–Trinajstić information content (AvgIpc) is 1.84. The summed E-state index contributed by atoms with van der Waals surface area (Å²) in [7, 11) is 0. The molecule has 0 amide bonds. The summed E-state index contributed by atoms with van der Waals surface area (Å²) >= 11 is 0. The van der Waals surface area contributed by atoms with Crippen LogP contribution in [0.2, 0.25) is 0 Å². The zero-order chi connectivity index (χ0) is 7.44. The van der Waals surface area contributed by atoms with Crippen LogP contribution >= 0.6 is 0 Å². The lowest BCUT2D eigenvalue weighted by Crippen LogP contribution is -2.36. The zero-order valence-corrected chi connectivity index (χ0v) is 5.24. The molecule has 9 heavy (non-hydrogen) atoms. The van der Waals surface area contributed by atoms with Crippen LogP contribution in [0.15, 0.2) is 0 Å². The molecule has 0 aliphatic heterocycles. The van der Waals surface area contributed by atoms with E-state index >= 15 is 0 Å². The standard InChI is InChI=1S/C5H11NO3/c1-3(5(8)9)4(6)2-7/h3-4,7H,2,6H2,1H3,(H,8,9). The number of aliphatic carboxylic acids is 1. The predicted octanol–water partition coefficient (Wildman–Crippen LogP) is -0.973. The molecule has 0 rings (SSSR count). The van der Waals surface area contributed by atoms with Crippen LogP contribution in [0.25, 0.3) is 0 Å². The maximum atomic E-state index is 10.1. The molecule has 0 aliphatic carbocycles. The van der Waals surface area contributed by atoms with Gasteiger partial charge in [-0.1, -0.05) is 6.92 Å². The highest BCUT2D eigenvalue weighted by Gasteiger charge is 2.18. The fraction of sp³-hybridized carbons (Fsp3) is 0.800. The number of carboxylic acids is 1. The van der Waals surface area contributed by atoms with Gasteiger partial charge in [-0.3, -0.25) is 4.79 Å². The second kappa shape index (κ2) is 3.42. The van der Waals surface area contributed by atoms with Gasteiger partial charge in [0.2, 0.25) is 0 Å². The largest absolute Gasteiger partial charge is 0.481 e. The van der Waals surface area contributed by atoms with Gasteiger partial charge in [0.05, 0.1) is 12.5 Å². The number of carbonyl (C=O) groups is 1. The molecule has 0 aliphatic rings. The molecule has 0 fully saturated rings. The van der Waals surface area contributed by atoms with E-state index < -0.39 is 17.9 Å². The molecule has 0 bridgehead atoms. The summed E-state index contributed by atoms with van der Waals surface area (Å²) < 4.78 is 0. The molecule has 0 aromatic heterocycles. The Morgan fingerprint density at radius 1 is 1.78 bits per heavy atom. The lowest BCUT2D eigenvalue weighted by Gasteiger charge is -2.11. The summed E-state index contributed by atoms with van der Waals surface area (Å²) in [5, 5.41) is 16.7. The SMILES string of the molecule is CC(C(=O)O)C(N)CO. The van der Waals surface area contributed by atoms with Gasteiger partial charge in [0.1, 0.15) is 0 Å². The van der Waals surface area contributed by atoms with E-state index in [-0.39, 0.29) is 6.61 Å². The predicted molar refractivity (Wildman–Crippen MR) is 31.9 cm³/mol. The van der Waals surface area contributed by atoms with Gasteiger partial charge < -0.3 is 15.9 Å². The van der Waals surface area contributed by atoms with Gasteiger partial charge in [0.15, 0.2) is 0 Å². The number of nitrogens with two attached hydrogens (primary N) is 1. The summed E-state index contributed by atoms with van der Waals surface area (Å²) in [6.45, 7) is 1.18. The normalized spacial score (nSPS) is 16.8. The smallest absolute Gasteiger partial charge is 0.307 e. The van der Waals surface area contributed by atoms with Crippen molar-refractivity contribution in [3.05, 3.63) is 0 Å². The van der Waals surface area contributed by atoms with Crippen molar-refractivity contribution in [2.45, 2.75) is 13.0 Å². The highest BCUT2D eigenvalue weighted by atomic mass is 16.4. The Morgan fingerprint density at radius 2 is 2.22 bits per heavy atom. The second-order valence-corrected chi connectivity index (χ2v) is 1.97. The summed E-state index contributed by atoms with van der Waals surface area (Å²) in [4.78, 5) is 10.1. The highest BCUT2D eigenvalue weighted by molar-refractivity contribution is 5.70. The minimum atomic E-state index is -0.975. The number of aliphatic hydroxyl groups is 1. The summed E-state index contributed by atoms with van der Waals surface area (Å²) in [5.74, 6) is -1.65. The van der Waals surface area contributed by atoms with Crippen molar-refractivity contribution in [2.24, 2.45) is 11.7 Å². The van der Waals surface area contributed by atoms with Crippen molar-refractivity contribution < 1.29 is 15.0 Å². The van der Waals surface area contributed by atoms with Crippen molar-refractivity contribution >= 4 is 5.97 Å². The van der Waals surface area contributed by atoms with E-state index in [0.29, 0.717) is 0 Å². The van der Waals surface area contributed by atoms with Crippen molar-refractivity contribution in [3.63, 3.8) is 0 Å². The molecule has 0 radical (unpaired) electrons. The van der Waals surface area contributed by atoms with Crippen LogP contribution in [0, 0.1) is 5.92 Å². The van der Waals surface area contributed by atoms with Crippen molar-refractivity contribution in [1.29, 1.82) is 0 Å². The van der Waals surface area contributed by atoms with Crippen LogP contribution in [0.1, 0.15) is 6.92 Å². The van der Waals surface area contributed by atoms with Crippen molar-refractivity contribution in [1.82, 2.24) is 0 Å². The molecule has 2 unspecified atom stereocenters. The van der Waals surface area contributed by atoms with Crippen LogP contribution < -0.4 is 5.73 Å². The highest BCUT2D eigenvalue weighted by Crippen LogP contribution is 1.98. The molecule has 54 valence electrons. The minimum Gasteiger partial charge on any atom is -0.481 e. The van der Waals surface area contributed by atoms with Gasteiger partial charge in [-0.25, -0.2) is 0 Å². The first-order valence-electron chi connectivity index (χ1n) is 2.68. The third kappa shape index (κ3) is 2.43. The fourth-order valence-corrected chi connectivity index (χ4v) is 0.341. The van der Waals surface area contributed by atoms with Gasteiger partial charge in [-0.05, 0) is 0 Å². The number of hydrogen-bond donors (Lipinski definition) is 3. The first-order chi connectivity index (χ1) is 4.09. The lowest BCUT2D eigenvalue weighted by molar-refractivity contribution is -0.142. The van der Waals surface area contributed by atoms with Crippen LogP contribution in [-0.4, -0.2) is 28.8 Å². The van der Waals surface area contributed by atoms with Crippen LogP contribution in [0.3, 0.4) is 0 Å². The van der Waals surface area contributed by atoms with Crippen molar-refractivity contribution in [2.75, 3.05) is 6.61 Å². The number of rotatable bonds is 3. The summed E-state index contributed by atoms with van der Waals surface area (Å²) in [6.07, 6.45) is 0. The van der Waals surface area contributed by atoms with Gasteiger partial charge in [0.25, 0.3) is 0 Å². The molecule has 0 saturated carbocycles. The quantitative estimate of drug-likeness (QED) is 0.462. The molecule has 0 heterocycles. The third-order valence-electron chi connectivity index (χ3n) is 1.24. The molecule has 4 N–H and O–H groups in total. The molecule has 0 aromatic rings. The monoisotopic (exact) mass is 133 g/mol. The molecular weight excluding hydrogens is 122 g/mol. The van der Waals surface area contributed by atoms with Crippen LogP contribution in [-0.2, 0) is 4.79 Å². The van der Waals surface area contributed by atoms with E-state index in [4.69, 9.17) is 15.9 Å². The second-order valence-electron chi connectivity index (χ2n) is 1.97. The Balaban J connectivity index is 3.72.